The summed E-state index contributed by atoms with van der Waals surface area (Å²) in [5, 5.41) is 6.81. The number of rotatable bonds is 4. The summed E-state index contributed by atoms with van der Waals surface area (Å²) in [6, 6.07) is 0.419. The van der Waals surface area contributed by atoms with Gasteiger partial charge in [-0.15, -0.1) is 0 Å². The van der Waals surface area contributed by atoms with Gasteiger partial charge in [0.2, 0.25) is 5.91 Å². The molecule has 1 aliphatic carbocycles. The number of thioether (sulfide) groups is 1. The van der Waals surface area contributed by atoms with Crippen molar-refractivity contribution < 1.29 is 4.79 Å². The molecule has 2 aliphatic rings. The zero-order valence-electron chi connectivity index (χ0n) is 12.7. The summed E-state index contributed by atoms with van der Waals surface area (Å²) < 4.78 is 0. The van der Waals surface area contributed by atoms with Crippen LogP contribution in [0.25, 0.3) is 0 Å². The molecule has 1 saturated heterocycles. The van der Waals surface area contributed by atoms with Crippen LogP contribution in [-0.4, -0.2) is 60.5 Å². The summed E-state index contributed by atoms with van der Waals surface area (Å²) in [5.41, 5.74) is 0. The first-order chi connectivity index (χ1) is 9.60. The number of nitrogens with zero attached hydrogens (tertiary/aromatic N) is 2. The highest BCUT2D eigenvalue weighted by molar-refractivity contribution is 8.00. The van der Waals surface area contributed by atoms with Gasteiger partial charge in [-0.3, -0.25) is 9.79 Å². The Labute approximate surface area is 126 Å². The lowest BCUT2D eigenvalue weighted by Crippen LogP contribution is -2.51. The molecule has 1 unspecified atom stereocenters. The van der Waals surface area contributed by atoms with Crippen molar-refractivity contribution in [3.8, 4) is 0 Å². The van der Waals surface area contributed by atoms with Crippen molar-refractivity contribution in [2.45, 2.75) is 38.0 Å². The van der Waals surface area contributed by atoms with Gasteiger partial charge in [-0.25, -0.2) is 0 Å². The van der Waals surface area contributed by atoms with Crippen molar-refractivity contribution >= 4 is 23.6 Å². The van der Waals surface area contributed by atoms with Crippen molar-refractivity contribution in [2.75, 3.05) is 32.4 Å². The Balaban J connectivity index is 1.79. The number of guanidine groups is 1. The SMILES string of the molecule is CN=C(NCC(=O)NC1CC1)N1CCSC(C(C)C)C1. The van der Waals surface area contributed by atoms with Crippen molar-refractivity contribution in [3.63, 3.8) is 0 Å². The van der Waals surface area contributed by atoms with Gasteiger partial charge in [0, 0.05) is 37.2 Å². The third-order valence-electron chi connectivity index (χ3n) is 3.70. The second-order valence-electron chi connectivity index (χ2n) is 5.84. The summed E-state index contributed by atoms with van der Waals surface area (Å²) in [6.45, 7) is 6.85. The average molecular weight is 298 g/mol. The van der Waals surface area contributed by atoms with Gasteiger partial charge in [-0.05, 0) is 18.8 Å². The molecular weight excluding hydrogens is 272 g/mol. The van der Waals surface area contributed by atoms with E-state index in [0.717, 1.165) is 37.6 Å². The van der Waals surface area contributed by atoms with Crippen molar-refractivity contribution in [1.82, 2.24) is 15.5 Å². The number of carbonyl (C=O) groups is 1. The molecule has 0 radical (unpaired) electrons. The Bertz CT molecular complexity index is 368. The first kappa shape index (κ1) is 15.5. The first-order valence-electron chi connectivity index (χ1n) is 7.46. The Kier molecular flexibility index (Phi) is 5.57. The van der Waals surface area contributed by atoms with Gasteiger partial charge in [0.1, 0.15) is 0 Å². The zero-order chi connectivity index (χ0) is 14.5. The predicted molar refractivity (Wildman–Crippen MR) is 85.2 cm³/mol. The standard InChI is InChI=1S/C14H26N4OS/c1-10(2)12-9-18(6-7-20-12)14(15-3)16-8-13(19)17-11-4-5-11/h10-12H,4-9H2,1-3H3,(H,15,16)(H,17,19). The van der Waals surface area contributed by atoms with Crippen LogP contribution in [0.5, 0.6) is 0 Å². The summed E-state index contributed by atoms with van der Waals surface area (Å²) in [7, 11) is 1.78. The van der Waals surface area contributed by atoms with Crippen LogP contribution < -0.4 is 10.6 Å². The van der Waals surface area contributed by atoms with Gasteiger partial charge in [0.05, 0.1) is 6.54 Å². The highest BCUT2D eigenvalue weighted by atomic mass is 32.2. The van der Waals surface area contributed by atoms with Crippen LogP contribution >= 0.6 is 11.8 Å². The molecule has 2 rings (SSSR count). The first-order valence-corrected chi connectivity index (χ1v) is 8.51. The van der Waals surface area contributed by atoms with Crippen molar-refractivity contribution in [1.29, 1.82) is 0 Å². The van der Waals surface area contributed by atoms with E-state index in [-0.39, 0.29) is 5.91 Å². The lowest BCUT2D eigenvalue weighted by atomic mass is 10.1. The van der Waals surface area contributed by atoms with Crippen LogP contribution in [0.15, 0.2) is 4.99 Å². The van der Waals surface area contributed by atoms with E-state index in [0.29, 0.717) is 23.8 Å². The van der Waals surface area contributed by atoms with E-state index in [2.05, 4.69) is 34.4 Å². The van der Waals surface area contributed by atoms with Crippen LogP contribution in [0.2, 0.25) is 0 Å². The summed E-state index contributed by atoms with van der Waals surface area (Å²) in [6.07, 6.45) is 2.25. The lowest BCUT2D eigenvalue weighted by molar-refractivity contribution is -0.120. The number of aliphatic imine (C=N–C) groups is 1. The molecule has 0 bridgehead atoms. The second kappa shape index (κ2) is 7.20. The minimum Gasteiger partial charge on any atom is -0.352 e. The van der Waals surface area contributed by atoms with Gasteiger partial charge >= 0.3 is 0 Å². The molecule has 20 heavy (non-hydrogen) atoms. The van der Waals surface area contributed by atoms with Crippen LogP contribution in [-0.2, 0) is 4.79 Å². The predicted octanol–water partition coefficient (Wildman–Crippen LogP) is 0.914. The molecule has 114 valence electrons. The fraction of sp³-hybridized carbons (Fsp3) is 0.857. The molecule has 6 heteroatoms. The third kappa shape index (κ3) is 4.58. The van der Waals surface area contributed by atoms with Crippen molar-refractivity contribution in [3.05, 3.63) is 0 Å². The fourth-order valence-corrected chi connectivity index (χ4v) is 3.57. The maximum atomic E-state index is 11.7. The molecule has 5 nitrogen and oxygen atoms in total. The molecule has 0 aromatic carbocycles. The monoisotopic (exact) mass is 298 g/mol. The Morgan fingerprint density at radius 1 is 1.45 bits per heavy atom. The molecule has 1 amide bonds. The van der Waals surface area contributed by atoms with Crippen LogP contribution in [0.4, 0.5) is 0 Å². The van der Waals surface area contributed by atoms with Gasteiger partial charge in [-0.2, -0.15) is 11.8 Å². The highest BCUT2D eigenvalue weighted by Gasteiger charge is 2.26. The molecule has 1 atom stereocenters. The normalized spacial score (nSPS) is 23.9. The molecule has 2 N–H and O–H groups in total. The van der Waals surface area contributed by atoms with E-state index in [1.807, 2.05) is 11.8 Å². The summed E-state index contributed by atoms with van der Waals surface area (Å²) in [4.78, 5) is 18.3. The molecular formula is C14H26N4OS. The molecule has 1 aliphatic heterocycles. The Hall–Kier alpha value is -0.910. The molecule has 0 aromatic rings. The number of hydrogen-bond acceptors (Lipinski definition) is 3. The third-order valence-corrected chi connectivity index (χ3v) is 5.24. The van der Waals surface area contributed by atoms with E-state index in [9.17, 15) is 4.79 Å². The largest absolute Gasteiger partial charge is 0.352 e. The minimum atomic E-state index is 0.0699. The minimum absolute atomic E-state index is 0.0699. The number of carbonyl (C=O) groups excluding carboxylic acids is 1. The van der Waals surface area contributed by atoms with Crippen molar-refractivity contribution in [2.24, 2.45) is 10.9 Å². The fourth-order valence-electron chi connectivity index (χ4n) is 2.27. The zero-order valence-corrected chi connectivity index (χ0v) is 13.5. The Morgan fingerprint density at radius 2 is 2.20 bits per heavy atom. The summed E-state index contributed by atoms with van der Waals surface area (Å²) in [5.74, 6) is 2.71. The van der Waals surface area contributed by atoms with Gasteiger partial charge in [-0.1, -0.05) is 13.8 Å². The molecule has 1 heterocycles. The lowest BCUT2D eigenvalue weighted by Gasteiger charge is -2.36. The van der Waals surface area contributed by atoms with E-state index in [1.54, 1.807) is 7.05 Å². The molecule has 0 aromatic heterocycles. The summed E-state index contributed by atoms with van der Waals surface area (Å²) >= 11 is 2.04. The second-order valence-corrected chi connectivity index (χ2v) is 7.19. The Morgan fingerprint density at radius 3 is 2.80 bits per heavy atom. The number of amides is 1. The van der Waals surface area contributed by atoms with E-state index in [4.69, 9.17) is 0 Å². The van der Waals surface area contributed by atoms with Crippen LogP contribution in [0.3, 0.4) is 0 Å². The topological polar surface area (TPSA) is 56.7 Å². The molecule has 0 spiro atoms. The quantitative estimate of drug-likeness (QED) is 0.598. The molecule has 2 fully saturated rings. The maximum Gasteiger partial charge on any atom is 0.239 e. The van der Waals surface area contributed by atoms with Gasteiger partial charge in [0.25, 0.3) is 0 Å². The highest BCUT2D eigenvalue weighted by Crippen LogP contribution is 2.24. The maximum absolute atomic E-state index is 11.7. The van der Waals surface area contributed by atoms with Gasteiger partial charge < -0.3 is 15.5 Å². The van der Waals surface area contributed by atoms with E-state index in [1.165, 1.54) is 0 Å². The van der Waals surface area contributed by atoms with E-state index < -0.39 is 0 Å². The smallest absolute Gasteiger partial charge is 0.239 e. The van der Waals surface area contributed by atoms with E-state index >= 15 is 0 Å². The number of hydrogen-bond donors (Lipinski definition) is 2. The van der Waals surface area contributed by atoms with Crippen LogP contribution in [0, 0.1) is 5.92 Å². The van der Waals surface area contributed by atoms with Crippen LogP contribution in [0.1, 0.15) is 26.7 Å². The molecule has 1 saturated carbocycles. The average Bonchev–Trinajstić information content (AvgIpc) is 3.23. The number of nitrogens with one attached hydrogen (secondary N) is 2. The van der Waals surface area contributed by atoms with Gasteiger partial charge in [0.15, 0.2) is 5.96 Å².